The van der Waals surface area contributed by atoms with Crippen molar-refractivity contribution in [3.63, 3.8) is 0 Å². The monoisotopic (exact) mass is 518 g/mol. The molecule has 200 valence electrons. The van der Waals surface area contributed by atoms with Gasteiger partial charge >= 0.3 is 5.97 Å². The number of ether oxygens (including phenoxy) is 2. The lowest BCUT2D eigenvalue weighted by Gasteiger charge is -2.06. The predicted octanol–water partition coefficient (Wildman–Crippen LogP) is 8.88. The smallest absolute Gasteiger partial charge is 0.343 e. The van der Waals surface area contributed by atoms with Gasteiger partial charge in [0.15, 0.2) is 11.6 Å². The highest BCUT2D eigenvalue weighted by molar-refractivity contribution is 5.91. The molecule has 5 heteroatoms. The van der Waals surface area contributed by atoms with Crippen molar-refractivity contribution in [1.29, 1.82) is 0 Å². The maximum atomic E-state index is 13.7. The van der Waals surface area contributed by atoms with Crippen molar-refractivity contribution >= 4 is 5.97 Å². The van der Waals surface area contributed by atoms with E-state index in [9.17, 15) is 13.6 Å². The molecule has 0 fully saturated rings. The maximum absolute atomic E-state index is 13.7. The molecule has 0 aliphatic heterocycles. The van der Waals surface area contributed by atoms with Crippen LogP contribution < -0.4 is 9.47 Å². The first-order valence-corrected chi connectivity index (χ1v) is 13.6. The molecule has 3 aromatic carbocycles. The van der Waals surface area contributed by atoms with Gasteiger partial charge in [0.1, 0.15) is 5.75 Å². The van der Waals surface area contributed by atoms with Gasteiger partial charge in [0, 0.05) is 11.1 Å². The molecule has 0 unspecified atom stereocenters. The Morgan fingerprint density at radius 1 is 0.711 bits per heavy atom. The van der Waals surface area contributed by atoms with Gasteiger partial charge in [-0.3, -0.25) is 0 Å². The van der Waals surface area contributed by atoms with Gasteiger partial charge in [0.2, 0.25) is 5.82 Å². The van der Waals surface area contributed by atoms with Gasteiger partial charge in [-0.2, -0.15) is 4.39 Å². The van der Waals surface area contributed by atoms with E-state index in [0.29, 0.717) is 5.56 Å². The average molecular weight is 519 g/mol. The third-order valence-electron chi connectivity index (χ3n) is 6.21. The molecule has 0 saturated heterocycles. The summed E-state index contributed by atoms with van der Waals surface area (Å²) in [7, 11) is 0. The molecule has 3 aromatic rings. The van der Waals surface area contributed by atoms with Gasteiger partial charge in [-0.25, -0.2) is 9.18 Å². The van der Waals surface area contributed by atoms with E-state index in [1.165, 1.54) is 82.1 Å². The number of unbranched alkanes of at least 4 members (excludes halogenated alkanes) is 9. The van der Waals surface area contributed by atoms with E-state index in [-0.39, 0.29) is 5.56 Å². The molecule has 3 rings (SSSR count). The predicted molar refractivity (Wildman–Crippen MR) is 148 cm³/mol. The van der Waals surface area contributed by atoms with Gasteiger partial charge < -0.3 is 9.47 Å². The molecule has 0 aromatic heterocycles. The van der Waals surface area contributed by atoms with Gasteiger partial charge in [0.25, 0.3) is 0 Å². The van der Waals surface area contributed by atoms with Crippen LogP contribution in [0, 0.1) is 23.5 Å². The van der Waals surface area contributed by atoms with Crippen LogP contribution in [0.2, 0.25) is 0 Å². The topological polar surface area (TPSA) is 35.5 Å². The van der Waals surface area contributed by atoms with E-state index in [2.05, 4.69) is 18.8 Å². The third-order valence-corrected chi connectivity index (χ3v) is 6.21. The number of esters is 1. The Labute approximate surface area is 225 Å². The molecular formula is C33H36F2O3. The first-order valence-electron chi connectivity index (χ1n) is 13.6. The molecule has 0 atom stereocenters. The molecule has 0 heterocycles. The zero-order chi connectivity index (χ0) is 27.0. The molecule has 0 aliphatic carbocycles. The fourth-order valence-electron chi connectivity index (χ4n) is 3.97. The van der Waals surface area contributed by atoms with Gasteiger partial charge in [0.05, 0.1) is 12.2 Å². The Balaban J connectivity index is 1.37. The maximum Gasteiger partial charge on any atom is 0.343 e. The minimum atomic E-state index is -1.20. The number of rotatable bonds is 14. The van der Waals surface area contributed by atoms with E-state index >= 15 is 0 Å². The van der Waals surface area contributed by atoms with Crippen LogP contribution in [0.15, 0.2) is 66.7 Å². The normalized spacial score (nSPS) is 10.5. The lowest BCUT2D eigenvalue weighted by molar-refractivity contribution is 0.0726. The Bertz CT molecular complexity index is 1190. The zero-order valence-electron chi connectivity index (χ0n) is 22.1. The highest BCUT2D eigenvalue weighted by Gasteiger charge is 2.14. The summed E-state index contributed by atoms with van der Waals surface area (Å²) in [4.78, 5) is 12.2. The quantitative estimate of drug-likeness (QED) is 0.0925. The number of carbonyl (C=O) groups is 1. The molecule has 3 nitrogen and oxygen atoms in total. The molecule has 38 heavy (non-hydrogen) atoms. The molecule has 0 radical (unpaired) electrons. The Morgan fingerprint density at radius 3 is 1.87 bits per heavy atom. The molecule has 0 spiro atoms. The van der Waals surface area contributed by atoms with E-state index in [1.54, 1.807) is 12.1 Å². The molecule has 0 saturated carbocycles. The van der Waals surface area contributed by atoms with E-state index in [0.717, 1.165) is 30.4 Å². The summed E-state index contributed by atoms with van der Waals surface area (Å²) in [6.45, 7) is 2.98. The number of carbonyl (C=O) groups excluding carboxylic acids is 1. The second-order valence-corrected chi connectivity index (χ2v) is 9.32. The van der Waals surface area contributed by atoms with Crippen molar-refractivity contribution in [2.45, 2.75) is 71.1 Å². The summed E-state index contributed by atoms with van der Waals surface area (Å²) in [6.07, 6.45) is 13.0. The van der Waals surface area contributed by atoms with Crippen LogP contribution in [-0.4, -0.2) is 12.6 Å². The summed E-state index contributed by atoms with van der Waals surface area (Å²) in [6, 6.07) is 17.5. The zero-order valence-corrected chi connectivity index (χ0v) is 22.1. The van der Waals surface area contributed by atoms with Crippen molar-refractivity contribution in [3.8, 4) is 23.3 Å². The van der Waals surface area contributed by atoms with Crippen LogP contribution in [0.3, 0.4) is 0 Å². The van der Waals surface area contributed by atoms with Crippen molar-refractivity contribution in [2.24, 2.45) is 0 Å². The van der Waals surface area contributed by atoms with Crippen LogP contribution >= 0.6 is 0 Å². The van der Waals surface area contributed by atoms with E-state index in [1.807, 2.05) is 24.3 Å². The van der Waals surface area contributed by atoms with E-state index in [4.69, 9.17) is 9.47 Å². The molecule has 0 amide bonds. The summed E-state index contributed by atoms with van der Waals surface area (Å²) >= 11 is 0. The highest BCUT2D eigenvalue weighted by Crippen LogP contribution is 2.20. The van der Waals surface area contributed by atoms with Crippen molar-refractivity contribution in [3.05, 3.63) is 95.1 Å². The van der Waals surface area contributed by atoms with Gasteiger partial charge in [-0.15, -0.1) is 0 Å². The lowest BCUT2D eigenvalue weighted by Crippen LogP contribution is -2.09. The van der Waals surface area contributed by atoms with Crippen molar-refractivity contribution in [1.82, 2.24) is 0 Å². The van der Waals surface area contributed by atoms with Crippen molar-refractivity contribution in [2.75, 3.05) is 6.61 Å². The van der Waals surface area contributed by atoms with Crippen molar-refractivity contribution < 1.29 is 23.0 Å². The lowest BCUT2D eigenvalue weighted by atomic mass is 10.1. The fraction of sp³-hybridized carbons (Fsp3) is 0.364. The summed E-state index contributed by atoms with van der Waals surface area (Å²) in [5, 5.41) is 0. The highest BCUT2D eigenvalue weighted by atomic mass is 19.2. The van der Waals surface area contributed by atoms with Crippen LogP contribution in [0.5, 0.6) is 11.5 Å². The van der Waals surface area contributed by atoms with Crippen LogP contribution in [-0.2, 0) is 0 Å². The second-order valence-electron chi connectivity index (χ2n) is 9.32. The standard InChI is InChI=1S/C33H36F2O3/c1-2-3-4-5-6-7-8-9-10-11-25-37-29-23-19-27(20-24-29)16-15-26-17-21-28(22-18-26)33(36)38-31-14-12-13-30(34)32(31)35/h12-14,17-24H,2-11,25H2,1H3. The molecular weight excluding hydrogens is 482 g/mol. The fourth-order valence-corrected chi connectivity index (χ4v) is 3.97. The Hall–Kier alpha value is -3.65. The van der Waals surface area contributed by atoms with Gasteiger partial charge in [-0.05, 0) is 67.1 Å². The number of halogens is 2. The largest absolute Gasteiger partial charge is 0.494 e. The Kier molecular flexibility index (Phi) is 12.4. The summed E-state index contributed by atoms with van der Waals surface area (Å²) in [5.41, 5.74) is 1.77. The third kappa shape index (κ3) is 10.0. The Morgan fingerprint density at radius 2 is 1.26 bits per heavy atom. The molecule has 0 bridgehead atoms. The number of benzene rings is 3. The first kappa shape index (κ1) is 28.9. The SMILES string of the molecule is CCCCCCCCCCCCOc1ccc(C#Cc2ccc(C(=O)Oc3cccc(F)c3F)cc2)cc1. The van der Waals surface area contributed by atoms with Gasteiger partial charge in [-0.1, -0.05) is 82.6 Å². The summed E-state index contributed by atoms with van der Waals surface area (Å²) in [5.74, 6) is 3.48. The first-order chi connectivity index (χ1) is 18.6. The average Bonchev–Trinajstić information content (AvgIpc) is 2.94. The minimum Gasteiger partial charge on any atom is -0.494 e. The second kappa shape index (κ2) is 16.2. The number of hydrogen-bond acceptors (Lipinski definition) is 3. The van der Waals surface area contributed by atoms with Crippen LogP contribution in [0.4, 0.5) is 8.78 Å². The van der Waals surface area contributed by atoms with Crippen LogP contribution in [0.25, 0.3) is 0 Å². The number of hydrogen-bond donors (Lipinski definition) is 0. The minimum absolute atomic E-state index is 0.211. The molecule has 0 aliphatic rings. The molecule has 0 N–H and O–H groups in total. The summed E-state index contributed by atoms with van der Waals surface area (Å²) < 4.78 is 37.8. The van der Waals surface area contributed by atoms with Crippen LogP contribution in [0.1, 0.15) is 92.6 Å². The van der Waals surface area contributed by atoms with E-state index < -0.39 is 23.4 Å².